The van der Waals surface area contributed by atoms with Gasteiger partial charge in [-0.05, 0) is 43.0 Å². The topological polar surface area (TPSA) is 79.6 Å². The molecule has 0 bridgehead atoms. The third kappa shape index (κ3) is 4.29. The van der Waals surface area contributed by atoms with Crippen LogP contribution in [-0.4, -0.2) is 31.7 Å². The van der Waals surface area contributed by atoms with E-state index in [0.29, 0.717) is 13.1 Å². The number of hydrogen-bond acceptors (Lipinski definition) is 4. The van der Waals surface area contributed by atoms with E-state index in [2.05, 4.69) is 5.32 Å². The molecule has 2 heterocycles. The van der Waals surface area contributed by atoms with Crippen molar-refractivity contribution in [3.05, 3.63) is 89.7 Å². The summed E-state index contributed by atoms with van der Waals surface area (Å²) in [4.78, 5) is 13.1. The summed E-state index contributed by atoms with van der Waals surface area (Å²) in [6, 6.07) is 22.1. The van der Waals surface area contributed by atoms with Gasteiger partial charge in [0.05, 0.1) is 5.54 Å². The van der Waals surface area contributed by atoms with Crippen molar-refractivity contribution in [3.8, 4) is 0 Å². The van der Waals surface area contributed by atoms with Crippen molar-refractivity contribution in [2.24, 2.45) is 0 Å². The maximum Gasteiger partial charge on any atom is 0.288 e. The highest BCUT2D eigenvalue weighted by Crippen LogP contribution is 2.30. The van der Waals surface area contributed by atoms with E-state index in [1.54, 1.807) is 0 Å². The van der Waals surface area contributed by atoms with E-state index in [1.807, 2.05) is 67.6 Å². The molecule has 0 aliphatic carbocycles. The summed E-state index contributed by atoms with van der Waals surface area (Å²) in [7, 11) is -3.74. The Hall–Kier alpha value is -2.90. The van der Waals surface area contributed by atoms with Gasteiger partial charge in [-0.2, -0.15) is 4.31 Å². The number of carbonyl (C=O) groups excluding carboxylic acids is 1. The largest absolute Gasteiger partial charge is 0.438 e. The zero-order chi connectivity index (χ0) is 21.9. The van der Waals surface area contributed by atoms with Crippen LogP contribution >= 0.6 is 0 Å². The van der Waals surface area contributed by atoms with E-state index in [9.17, 15) is 13.2 Å². The third-order valence-corrected chi connectivity index (χ3v) is 7.55. The fraction of sp³-hybridized carbons (Fsp3) is 0.292. The minimum Gasteiger partial charge on any atom is -0.438 e. The monoisotopic (exact) mass is 438 g/mol. The molecule has 0 saturated carbocycles. The van der Waals surface area contributed by atoms with Crippen LogP contribution in [-0.2, 0) is 15.6 Å². The number of piperidine rings is 1. The molecule has 3 aromatic rings. The fourth-order valence-electron chi connectivity index (χ4n) is 3.96. The molecule has 1 aliphatic rings. The van der Waals surface area contributed by atoms with Gasteiger partial charge in [0.1, 0.15) is 0 Å². The van der Waals surface area contributed by atoms with Gasteiger partial charge < -0.3 is 9.73 Å². The molecule has 1 aromatic heterocycles. The molecule has 31 heavy (non-hydrogen) atoms. The van der Waals surface area contributed by atoms with Gasteiger partial charge in [-0.3, -0.25) is 4.79 Å². The maximum atomic E-state index is 13.1. The van der Waals surface area contributed by atoms with Crippen LogP contribution in [0, 0.1) is 0 Å². The second kappa shape index (κ2) is 8.69. The molecule has 1 amide bonds. The lowest BCUT2D eigenvalue weighted by Gasteiger charge is -2.32. The van der Waals surface area contributed by atoms with E-state index in [0.717, 1.165) is 30.4 Å². The molecule has 0 unspecified atom stereocenters. The van der Waals surface area contributed by atoms with Crippen molar-refractivity contribution in [2.45, 2.75) is 36.8 Å². The summed E-state index contributed by atoms with van der Waals surface area (Å²) in [5, 5.41) is 2.85. The average Bonchev–Trinajstić information content (AvgIpc) is 3.32. The maximum absolute atomic E-state index is 13.1. The number of nitrogens with one attached hydrogen (secondary N) is 1. The Morgan fingerprint density at radius 3 is 1.97 bits per heavy atom. The van der Waals surface area contributed by atoms with Crippen LogP contribution in [0.2, 0.25) is 0 Å². The lowest BCUT2D eigenvalue weighted by atomic mass is 9.84. The fourth-order valence-corrected chi connectivity index (χ4v) is 5.38. The Balaban J connectivity index is 1.62. The van der Waals surface area contributed by atoms with Gasteiger partial charge >= 0.3 is 0 Å². The zero-order valence-electron chi connectivity index (χ0n) is 17.5. The van der Waals surface area contributed by atoms with Gasteiger partial charge in [-0.15, -0.1) is 0 Å². The van der Waals surface area contributed by atoms with Crippen LogP contribution in [0.1, 0.15) is 47.9 Å². The van der Waals surface area contributed by atoms with Gasteiger partial charge in [-0.25, -0.2) is 8.42 Å². The van der Waals surface area contributed by atoms with Crippen molar-refractivity contribution in [1.82, 2.24) is 9.62 Å². The molecular weight excluding hydrogens is 412 g/mol. The number of furan rings is 1. The van der Waals surface area contributed by atoms with Gasteiger partial charge in [-0.1, -0.05) is 67.1 Å². The lowest BCUT2D eigenvalue weighted by Crippen LogP contribution is -2.44. The first-order valence-electron chi connectivity index (χ1n) is 10.4. The minimum atomic E-state index is -3.74. The molecule has 2 aromatic carbocycles. The normalized spacial score (nSPS) is 15.5. The number of amides is 1. The standard InChI is InChI=1S/C24H26N2O4S/c1-24(19-11-5-2-6-12-19,20-13-7-3-8-14-20)25-23(27)21-15-16-22(30-21)31(28,29)26-17-9-4-10-18-26/h2-3,5-8,11-16H,4,9-10,17-18H2,1H3,(H,25,27). The van der Waals surface area contributed by atoms with E-state index in [1.165, 1.54) is 16.4 Å². The van der Waals surface area contributed by atoms with E-state index < -0.39 is 21.5 Å². The Kier molecular flexibility index (Phi) is 5.98. The van der Waals surface area contributed by atoms with Crippen molar-refractivity contribution in [2.75, 3.05) is 13.1 Å². The number of rotatable bonds is 6. The van der Waals surface area contributed by atoms with E-state index in [-0.39, 0.29) is 10.9 Å². The molecule has 0 atom stereocenters. The summed E-state index contributed by atoms with van der Waals surface area (Å²) < 4.78 is 32.7. The molecule has 7 heteroatoms. The quantitative estimate of drug-likeness (QED) is 0.627. The molecule has 1 fully saturated rings. The first-order chi connectivity index (χ1) is 14.9. The van der Waals surface area contributed by atoms with Gasteiger partial charge in [0, 0.05) is 13.1 Å². The molecule has 162 valence electrons. The first-order valence-corrected chi connectivity index (χ1v) is 11.9. The number of benzene rings is 2. The van der Waals surface area contributed by atoms with Crippen molar-refractivity contribution in [1.29, 1.82) is 0 Å². The minimum absolute atomic E-state index is 0.0336. The molecule has 1 N–H and O–H groups in total. The predicted octanol–water partition coefficient (Wildman–Crippen LogP) is 4.15. The predicted molar refractivity (Wildman–Crippen MR) is 118 cm³/mol. The Morgan fingerprint density at radius 1 is 0.871 bits per heavy atom. The van der Waals surface area contributed by atoms with Crippen LogP contribution in [0.3, 0.4) is 0 Å². The van der Waals surface area contributed by atoms with Gasteiger partial charge in [0.15, 0.2) is 5.76 Å². The van der Waals surface area contributed by atoms with Crippen molar-refractivity contribution >= 4 is 15.9 Å². The molecule has 0 spiro atoms. The summed E-state index contributed by atoms with van der Waals surface area (Å²) in [6.45, 7) is 2.87. The Bertz CT molecular complexity index is 1100. The van der Waals surface area contributed by atoms with Gasteiger partial charge in [0.25, 0.3) is 15.9 Å². The van der Waals surface area contributed by atoms with E-state index in [4.69, 9.17) is 4.42 Å². The van der Waals surface area contributed by atoms with Crippen LogP contribution < -0.4 is 5.32 Å². The summed E-state index contributed by atoms with van der Waals surface area (Å²) in [5.41, 5.74) is 0.989. The van der Waals surface area contributed by atoms with Crippen LogP contribution in [0.25, 0.3) is 0 Å². The highest BCUT2D eigenvalue weighted by atomic mass is 32.2. The second-order valence-electron chi connectivity index (χ2n) is 7.89. The molecule has 1 saturated heterocycles. The SMILES string of the molecule is CC(NC(=O)c1ccc(S(=O)(=O)N2CCCCC2)o1)(c1ccccc1)c1ccccc1. The second-order valence-corrected chi connectivity index (χ2v) is 9.76. The number of nitrogens with zero attached hydrogens (tertiary/aromatic N) is 1. The third-order valence-electron chi connectivity index (χ3n) is 5.78. The van der Waals surface area contributed by atoms with Crippen LogP contribution in [0.15, 0.2) is 82.3 Å². The highest BCUT2D eigenvalue weighted by molar-refractivity contribution is 7.89. The highest BCUT2D eigenvalue weighted by Gasteiger charge is 2.33. The van der Waals surface area contributed by atoms with Crippen LogP contribution in [0.5, 0.6) is 0 Å². The van der Waals surface area contributed by atoms with Gasteiger partial charge in [0.2, 0.25) is 5.09 Å². The zero-order valence-corrected chi connectivity index (χ0v) is 18.3. The summed E-state index contributed by atoms with van der Waals surface area (Å²) >= 11 is 0. The van der Waals surface area contributed by atoms with Crippen LogP contribution in [0.4, 0.5) is 0 Å². The molecule has 1 aliphatic heterocycles. The molecule has 6 nitrogen and oxygen atoms in total. The number of hydrogen-bond donors (Lipinski definition) is 1. The van der Waals surface area contributed by atoms with Crippen molar-refractivity contribution in [3.63, 3.8) is 0 Å². The molecular formula is C24H26N2O4S. The lowest BCUT2D eigenvalue weighted by molar-refractivity contribution is 0.0885. The summed E-state index contributed by atoms with van der Waals surface area (Å²) in [5.74, 6) is -0.510. The summed E-state index contributed by atoms with van der Waals surface area (Å²) in [6.07, 6.45) is 2.69. The number of carbonyl (C=O) groups is 1. The smallest absolute Gasteiger partial charge is 0.288 e. The Labute approximate surface area is 182 Å². The molecule has 0 radical (unpaired) electrons. The van der Waals surface area contributed by atoms with Crippen molar-refractivity contribution < 1.29 is 17.6 Å². The van der Waals surface area contributed by atoms with E-state index >= 15 is 0 Å². The Morgan fingerprint density at radius 2 is 1.42 bits per heavy atom. The average molecular weight is 439 g/mol. The first kappa shape index (κ1) is 21.3. The number of sulfonamides is 1. The molecule has 4 rings (SSSR count).